The lowest BCUT2D eigenvalue weighted by Crippen LogP contribution is -2.36. The lowest BCUT2D eigenvalue weighted by Gasteiger charge is -2.23. The number of hydrogen-bond donors (Lipinski definition) is 1. The smallest absolute Gasteiger partial charge is 0.255 e. The average Bonchev–Trinajstić information content (AvgIpc) is 2.77. The van der Waals surface area contributed by atoms with Crippen LogP contribution in [0.4, 0.5) is 0 Å². The number of halogens is 1. The number of likely N-dealkylation sites (tertiary alicyclic amines) is 1. The highest BCUT2D eigenvalue weighted by atomic mass is 35.5. The summed E-state index contributed by atoms with van der Waals surface area (Å²) < 4.78 is 0. The van der Waals surface area contributed by atoms with E-state index >= 15 is 0 Å². The lowest BCUT2D eigenvalue weighted by molar-refractivity contribution is 0.0746. The van der Waals surface area contributed by atoms with E-state index in [0.717, 1.165) is 24.3 Å². The summed E-state index contributed by atoms with van der Waals surface area (Å²) >= 11 is 10.2. The fourth-order valence-electron chi connectivity index (χ4n) is 2.07. The maximum Gasteiger partial charge on any atom is 0.255 e. The Morgan fingerprint density at radius 1 is 1.50 bits per heavy atom. The Balaban J connectivity index is 2.22. The van der Waals surface area contributed by atoms with Crippen molar-refractivity contribution < 1.29 is 4.79 Å². The number of nitrogens with zero attached hydrogens (tertiary/aromatic N) is 1. The Bertz CT molecular complexity index is 396. The number of alkyl halides is 1. The molecule has 1 saturated heterocycles. The second kappa shape index (κ2) is 5.11. The molecule has 0 unspecified atom stereocenters. The number of benzene rings is 1. The van der Waals surface area contributed by atoms with Crippen molar-refractivity contribution in [3.63, 3.8) is 0 Å². The third-order valence-electron chi connectivity index (χ3n) is 2.95. The Morgan fingerprint density at radius 3 is 2.94 bits per heavy atom. The summed E-state index contributed by atoms with van der Waals surface area (Å²) in [5.74, 6) is 0.564. The van der Waals surface area contributed by atoms with Gasteiger partial charge in [0.1, 0.15) is 0 Å². The molecule has 2 nitrogen and oxygen atoms in total. The highest BCUT2D eigenvalue weighted by Gasteiger charge is 2.29. The van der Waals surface area contributed by atoms with Crippen LogP contribution in [0.3, 0.4) is 0 Å². The molecule has 0 saturated carbocycles. The minimum absolute atomic E-state index is 0.0498. The van der Waals surface area contributed by atoms with E-state index < -0.39 is 0 Å². The molecule has 16 heavy (non-hydrogen) atoms. The van der Waals surface area contributed by atoms with Crippen LogP contribution in [-0.4, -0.2) is 29.3 Å². The van der Waals surface area contributed by atoms with Gasteiger partial charge in [-0.15, -0.1) is 24.2 Å². The van der Waals surface area contributed by atoms with Crippen LogP contribution in [0.1, 0.15) is 23.2 Å². The van der Waals surface area contributed by atoms with E-state index in [0.29, 0.717) is 11.4 Å². The summed E-state index contributed by atoms with van der Waals surface area (Å²) in [5, 5.41) is 0. The van der Waals surface area contributed by atoms with Crippen LogP contribution >= 0.6 is 24.2 Å². The predicted molar refractivity (Wildman–Crippen MR) is 68.5 cm³/mol. The zero-order chi connectivity index (χ0) is 11.5. The molecule has 0 radical (unpaired) electrons. The molecule has 0 N–H and O–H groups in total. The van der Waals surface area contributed by atoms with E-state index in [-0.39, 0.29) is 11.9 Å². The van der Waals surface area contributed by atoms with Gasteiger partial charge >= 0.3 is 0 Å². The van der Waals surface area contributed by atoms with E-state index in [9.17, 15) is 4.79 Å². The molecule has 1 aromatic carbocycles. The number of rotatable bonds is 2. The minimum Gasteiger partial charge on any atom is -0.334 e. The number of carbonyl (C=O) groups is 1. The molecule has 0 aliphatic carbocycles. The van der Waals surface area contributed by atoms with E-state index in [4.69, 9.17) is 11.6 Å². The molecule has 1 aliphatic rings. The monoisotopic (exact) mass is 255 g/mol. The summed E-state index contributed by atoms with van der Waals surface area (Å²) in [6, 6.07) is 7.57. The van der Waals surface area contributed by atoms with Crippen molar-refractivity contribution in [2.45, 2.75) is 23.8 Å². The summed E-state index contributed by atoms with van der Waals surface area (Å²) in [5.41, 5.74) is 0.669. The third-order valence-corrected chi connectivity index (χ3v) is 3.70. The molecule has 1 aromatic rings. The van der Waals surface area contributed by atoms with Crippen LogP contribution in [-0.2, 0) is 0 Å². The molecule has 1 aliphatic heterocycles. The van der Waals surface area contributed by atoms with Crippen LogP contribution in [0.15, 0.2) is 29.2 Å². The predicted octanol–water partition coefficient (Wildman–Crippen LogP) is 2.82. The van der Waals surface area contributed by atoms with Gasteiger partial charge in [-0.1, -0.05) is 12.1 Å². The van der Waals surface area contributed by atoms with Crippen LogP contribution in [0, 0.1) is 0 Å². The fourth-order valence-corrected chi connectivity index (χ4v) is 2.65. The molecule has 2 rings (SSSR count). The number of amides is 1. The molecule has 86 valence electrons. The first-order chi connectivity index (χ1) is 7.74. The van der Waals surface area contributed by atoms with Gasteiger partial charge < -0.3 is 4.90 Å². The third kappa shape index (κ3) is 2.20. The van der Waals surface area contributed by atoms with Gasteiger partial charge in [0.25, 0.3) is 5.91 Å². The first kappa shape index (κ1) is 11.8. The SMILES string of the molecule is O=C(c1ccccc1S)N1CCC[C@H]1CCl. The number of carbonyl (C=O) groups excluding carboxylic acids is 1. The van der Waals surface area contributed by atoms with Crippen LogP contribution in [0.25, 0.3) is 0 Å². The molecule has 1 amide bonds. The van der Waals surface area contributed by atoms with Gasteiger partial charge in [-0.2, -0.15) is 0 Å². The molecule has 0 aromatic heterocycles. The maximum absolute atomic E-state index is 12.3. The molecular formula is C12H14ClNOS. The summed E-state index contributed by atoms with van der Waals surface area (Å²) in [7, 11) is 0. The summed E-state index contributed by atoms with van der Waals surface area (Å²) in [4.78, 5) is 14.8. The molecule has 0 spiro atoms. The topological polar surface area (TPSA) is 20.3 Å². The van der Waals surface area contributed by atoms with E-state index in [1.807, 2.05) is 29.2 Å². The zero-order valence-electron chi connectivity index (χ0n) is 8.90. The van der Waals surface area contributed by atoms with Crippen molar-refractivity contribution >= 4 is 30.1 Å². The van der Waals surface area contributed by atoms with Gasteiger partial charge in [0.2, 0.25) is 0 Å². The van der Waals surface area contributed by atoms with Gasteiger partial charge in [0.05, 0.1) is 5.56 Å². The molecule has 0 bridgehead atoms. The largest absolute Gasteiger partial charge is 0.334 e. The molecule has 1 fully saturated rings. The molecular weight excluding hydrogens is 242 g/mol. The van der Waals surface area contributed by atoms with E-state index in [1.165, 1.54) is 0 Å². The minimum atomic E-state index is 0.0498. The highest BCUT2D eigenvalue weighted by molar-refractivity contribution is 7.80. The van der Waals surface area contributed by atoms with E-state index in [1.54, 1.807) is 0 Å². The summed E-state index contributed by atoms with van der Waals surface area (Å²) in [6.45, 7) is 0.804. The van der Waals surface area contributed by atoms with Crippen LogP contribution in [0.2, 0.25) is 0 Å². The fraction of sp³-hybridized carbons (Fsp3) is 0.417. The summed E-state index contributed by atoms with van der Waals surface area (Å²) in [6.07, 6.45) is 2.04. The van der Waals surface area contributed by atoms with Gasteiger partial charge in [-0.25, -0.2) is 0 Å². The first-order valence-electron chi connectivity index (χ1n) is 5.39. The van der Waals surface area contributed by atoms with Crippen molar-refractivity contribution in [3.8, 4) is 0 Å². The van der Waals surface area contributed by atoms with E-state index in [2.05, 4.69) is 12.6 Å². The van der Waals surface area contributed by atoms with Crippen LogP contribution in [0.5, 0.6) is 0 Å². The Kier molecular flexibility index (Phi) is 3.77. The van der Waals surface area contributed by atoms with Crippen LogP contribution < -0.4 is 0 Å². The quantitative estimate of drug-likeness (QED) is 0.637. The van der Waals surface area contributed by atoms with Crippen molar-refractivity contribution in [1.82, 2.24) is 4.90 Å². The van der Waals surface area contributed by atoms with Crippen molar-refractivity contribution in [1.29, 1.82) is 0 Å². The molecule has 1 heterocycles. The van der Waals surface area contributed by atoms with Gasteiger partial charge in [-0.3, -0.25) is 4.79 Å². The molecule has 1 atom stereocenters. The maximum atomic E-state index is 12.3. The second-order valence-corrected chi connectivity index (χ2v) is 4.76. The van der Waals surface area contributed by atoms with Crippen molar-refractivity contribution in [2.75, 3.05) is 12.4 Å². The Morgan fingerprint density at radius 2 is 2.25 bits per heavy atom. The average molecular weight is 256 g/mol. The first-order valence-corrected chi connectivity index (χ1v) is 6.37. The Labute approximate surface area is 106 Å². The molecule has 4 heteroatoms. The van der Waals surface area contributed by atoms with Crippen molar-refractivity contribution in [2.24, 2.45) is 0 Å². The lowest BCUT2D eigenvalue weighted by atomic mass is 10.2. The van der Waals surface area contributed by atoms with Gasteiger partial charge in [-0.05, 0) is 25.0 Å². The van der Waals surface area contributed by atoms with Crippen molar-refractivity contribution in [3.05, 3.63) is 29.8 Å². The second-order valence-electron chi connectivity index (χ2n) is 3.97. The van der Waals surface area contributed by atoms with Gasteiger partial charge in [0.15, 0.2) is 0 Å². The zero-order valence-corrected chi connectivity index (χ0v) is 10.5. The normalized spacial score (nSPS) is 20.1. The van der Waals surface area contributed by atoms with Gasteiger partial charge in [0, 0.05) is 23.4 Å². The number of thiol groups is 1. The highest BCUT2D eigenvalue weighted by Crippen LogP contribution is 2.23. The number of hydrogen-bond acceptors (Lipinski definition) is 2. The Hall–Kier alpha value is -0.670. The standard InChI is InChI=1S/C12H14ClNOS/c13-8-9-4-3-7-14(9)12(15)10-5-1-2-6-11(10)16/h1-2,5-6,9,16H,3-4,7-8H2/t9-/m0/s1.